The number of fused-ring (bicyclic) bond motifs is 1. The van der Waals surface area contributed by atoms with Gasteiger partial charge in [0.05, 0.1) is 23.8 Å². The predicted octanol–water partition coefficient (Wildman–Crippen LogP) is 3.04. The minimum Gasteiger partial charge on any atom is -0.490 e. The van der Waals surface area contributed by atoms with E-state index >= 15 is 0 Å². The van der Waals surface area contributed by atoms with Crippen LogP contribution in [-0.2, 0) is 0 Å². The zero-order valence-electron chi connectivity index (χ0n) is 12.2. The summed E-state index contributed by atoms with van der Waals surface area (Å²) in [5.41, 5.74) is 2.67. The Morgan fingerprint density at radius 2 is 2.14 bits per heavy atom. The van der Waals surface area contributed by atoms with Gasteiger partial charge in [-0.3, -0.25) is 4.98 Å². The van der Waals surface area contributed by atoms with Crippen LogP contribution in [0.15, 0.2) is 36.7 Å². The second-order valence-corrected chi connectivity index (χ2v) is 4.57. The lowest BCUT2D eigenvalue weighted by Crippen LogP contribution is -1.99. The number of hydrogen-bond acceptors (Lipinski definition) is 4. The van der Waals surface area contributed by atoms with E-state index in [0.29, 0.717) is 18.1 Å². The quantitative estimate of drug-likeness (QED) is 0.735. The first-order valence-corrected chi connectivity index (χ1v) is 6.95. The maximum Gasteiger partial charge on any atom is 0.162 e. The average Bonchev–Trinajstić information content (AvgIpc) is 2.98. The number of imidazole rings is 1. The van der Waals surface area contributed by atoms with Gasteiger partial charge in [0.1, 0.15) is 12.4 Å². The number of aromatic nitrogens is 3. The molecule has 0 saturated heterocycles. The molecule has 0 amide bonds. The first kappa shape index (κ1) is 14.0. The van der Waals surface area contributed by atoms with Crippen LogP contribution in [0.25, 0.3) is 22.4 Å². The smallest absolute Gasteiger partial charge is 0.162 e. The Morgan fingerprint density at radius 1 is 1.23 bits per heavy atom. The molecule has 2 aromatic heterocycles. The lowest BCUT2D eigenvalue weighted by atomic mass is 10.2. The van der Waals surface area contributed by atoms with Crippen LogP contribution in [0.2, 0.25) is 0 Å². The zero-order valence-corrected chi connectivity index (χ0v) is 12.2. The first-order valence-electron chi connectivity index (χ1n) is 6.95. The minimum absolute atomic E-state index is 0.204. The fourth-order valence-electron chi connectivity index (χ4n) is 2.16. The molecule has 0 aliphatic heterocycles. The number of nitrogens with one attached hydrogen (secondary N) is 1. The van der Waals surface area contributed by atoms with Crippen LogP contribution in [0.1, 0.15) is 6.92 Å². The van der Waals surface area contributed by atoms with Crippen molar-refractivity contribution in [3.8, 4) is 35.2 Å². The molecule has 0 aliphatic rings. The van der Waals surface area contributed by atoms with E-state index in [4.69, 9.17) is 15.9 Å². The molecule has 0 fully saturated rings. The minimum atomic E-state index is 0.204. The SMILES string of the molecule is C#CCOc1ccc(-c2nc3ccncc3[nH]2)cc1OCC. The molecular formula is C17H15N3O2. The molecule has 0 unspecified atom stereocenters. The highest BCUT2D eigenvalue weighted by Crippen LogP contribution is 2.32. The van der Waals surface area contributed by atoms with Crippen LogP contribution in [0.3, 0.4) is 0 Å². The van der Waals surface area contributed by atoms with Crippen molar-refractivity contribution in [2.75, 3.05) is 13.2 Å². The van der Waals surface area contributed by atoms with E-state index in [2.05, 4.69) is 20.9 Å². The number of H-pyrrole nitrogens is 1. The zero-order chi connectivity index (χ0) is 15.4. The van der Waals surface area contributed by atoms with Crippen LogP contribution in [-0.4, -0.2) is 28.2 Å². The van der Waals surface area contributed by atoms with E-state index in [1.54, 1.807) is 12.4 Å². The molecule has 3 rings (SSSR count). The summed E-state index contributed by atoms with van der Waals surface area (Å²) in [6, 6.07) is 7.51. The lowest BCUT2D eigenvalue weighted by molar-refractivity contribution is 0.299. The van der Waals surface area contributed by atoms with Gasteiger partial charge in [0, 0.05) is 11.8 Å². The molecule has 0 saturated carbocycles. The van der Waals surface area contributed by atoms with Gasteiger partial charge in [-0.1, -0.05) is 5.92 Å². The molecule has 0 radical (unpaired) electrons. The van der Waals surface area contributed by atoms with Gasteiger partial charge in [-0.25, -0.2) is 4.98 Å². The molecule has 0 atom stereocenters. The monoisotopic (exact) mass is 293 g/mol. The number of terminal acetylenes is 1. The Bertz CT molecular complexity index is 800. The van der Waals surface area contributed by atoms with Crippen LogP contribution in [0, 0.1) is 12.3 Å². The van der Waals surface area contributed by atoms with Crippen LogP contribution in [0.4, 0.5) is 0 Å². The molecule has 22 heavy (non-hydrogen) atoms. The highest BCUT2D eigenvalue weighted by Gasteiger charge is 2.10. The predicted molar refractivity (Wildman–Crippen MR) is 84.8 cm³/mol. The standard InChI is InChI=1S/C17H15N3O2/c1-3-9-22-15-6-5-12(10-16(15)21-4-2)17-19-13-7-8-18-11-14(13)20-17/h1,5-8,10-11H,4,9H2,2H3,(H,19,20). The van der Waals surface area contributed by atoms with Gasteiger partial charge in [0.2, 0.25) is 0 Å². The van der Waals surface area contributed by atoms with Crippen molar-refractivity contribution in [1.82, 2.24) is 15.0 Å². The van der Waals surface area contributed by atoms with Crippen LogP contribution < -0.4 is 9.47 Å². The summed E-state index contributed by atoms with van der Waals surface area (Å²) in [4.78, 5) is 11.9. The lowest BCUT2D eigenvalue weighted by Gasteiger charge is -2.11. The third kappa shape index (κ3) is 2.72. The Labute approximate surface area is 128 Å². The number of pyridine rings is 1. The van der Waals surface area contributed by atoms with Crippen molar-refractivity contribution in [3.05, 3.63) is 36.7 Å². The van der Waals surface area contributed by atoms with Crippen molar-refractivity contribution in [3.63, 3.8) is 0 Å². The second kappa shape index (κ2) is 6.19. The normalized spacial score (nSPS) is 10.4. The molecule has 5 nitrogen and oxygen atoms in total. The van der Waals surface area contributed by atoms with Gasteiger partial charge in [-0.05, 0) is 31.2 Å². The van der Waals surface area contributed by atoms with Crippen molar-refractivity contribution < 1.29 is 9.47 Å². The van der Waals surface area contributed by atoms with Crippen molar-refractivity contribution in [2.45, 2.75) is 6.92 Å². The molecule has 1 N–H and O–H groups in total. The van der Waals surface area contributed by atoms with E-state index in [-0.39, 0.29) is 6.61 Å². The molecule has 110 valence electrons. The summed E-state index contributed by atoms with van der Waals surface area (Å²) in [5.74, 6) is 4.48. The topological polar surface area (TPSA) is 60.0 Å². The summed E-state index contributed by atoms with van der Waals surface area (Å²) in [6.45, 7) is 2.67. The summed E-state index contributed by atoms with van der Waals surface area (Å²) >= 11 is 0. The van der Waals surface area contributed by atoms with E-state index in [1.807, 2.05) is 31.2 Å². The number of hydrogen-bond donors (Lipinski definition) is 1. The molecule has 1 aromatic carbocycles. The maximum absolute atomic E-state index is 5.62. The van der Waals surface area contributed by atoms with E-state index in [1.165, 1.54) is 0 Å². The van der Waals surface area contributed by atoms with Crippen LogP contribution in [0.5, 0.6) is 11.5 Å². The Kier molecular flexibility index (Phi) is 3.92. The third-order valence-electron chi connectivity index (χ3n) is 3.11. The number of nitrogens with zero attached hydrogens (tertiary/aromatic N) is 2. The fraction of sp³-hybridized carbons (Fsp3) is 0.176. The Balaban J connectivity index is 1.99. The van der Waals surface area contributed by atoms with Gasteiger partial charge in [-0.15, -0.1) is 6.42 Å². The molecule has 5 heteroatoms. The maximum atomic E-state index is 5.62. The summed E-state index contributed by atoms with van der Waals surface area (Å²) in [7, 11) is 0. The van der Waals surface area contributed by atoms with Gasteiger partial charge in [0.15, 0.2) is 11.5 Å². The summed E-state index contributed by atoms with van der Waals surface area (Å²) in [6.07, 6.45) is 8.69. The number of aromatic amines is 1. The summed E-state index contributed by atoms with van der Waals surface area (Å²) < 4.78 is 11.1. The highest BCUT2D eigenvalue weighted by molar-refractivity contribution is 5.78. The van der Waals surface area contributed by atoms with E-state index < -0.39 is 0 Å². The molecule has 0 aliphatic carbocycles. The van der Waals surface area contributed by atoms with Gasteiger partial charge >= 0.3 is 0 Å². The van der Waals surface area contributed by atoms with E-state index in [9.17, 15) is 0 Å². The Hall–Kier alpha value is -3.00. The largest absolute Gasteiger partial charge is 0.490 e. The first-order chi connectivity index (χ1) is 10.8. The average molecular weight is 293 g/mol. The number of ether oxygens (including phenoxy) is 2. The van der Waals surface area contributed by atoms with Gasteiger partial charge in [0.25, 0.3) is 0 Å². The van der Waals surface area contributed by atoms with Crippen molar-refractivity contribution >= 4 is 11.0 Å². The summed E-state index contributed by atoms with van der Waals surface area (Å²) in [5, 5.41) is 0. The Morgan fingerprint density at radius 3 is 2.91 bits per heavy atom. The second-order valence-electron chi connectivity index (χ2n) is 4.57. The molecule has 3 aromatic rings. The van der Waals surface area contributed by atoms with Crippen molar-refractivity contribution in [1.29, 1.82) is 0 Å². The van der Waals surface area contributed by atoms with E-state index in [0.717, 1.165) is 22.4 Å². The highest BCUT2D eigenvalue weighted by atomic mass is 16.5. The number of rotatable bonds is 5. The number of benzene rings is 1. The molecule has 2 heterocycles. The molecular weight excluding hydrogens is 278 g/mol. The third-order valence-corrected chi connectivity index (χ3v) is 3.11. The molecule has 0 spiro atoms. The van der Waals surface area contributed by atoms with Crippen LogP contribution >= 0.6 is 0 Å². The van der Waals surface area contributed by atoms with Crippen molar-refractivity contribution in [2.24, 2.45) is 0 Å². The van der Waals surface area contributed by atoms with Gasteiger partial charge < -0.3 is 14.5 Å². The molecule has 0 bridgehead atoms. The van der Waals surface area contributed by atoms with Gasteiger partial charge in [-0.2, -0.15) is 0 Å². The fourth-order valence-corrected chi connectivity index (χ4v) is 2.16.